The smallest absolute Gasteiger partial charge is 0.138 e. The third kappa shape index (κ3) is 2.10. The van der Waals surface area contributed by atoms with Gasteiger partial charge in [-0.2, -0.15) is 0 Å². The topological polar surface area (TPSA) is 39.4 Å². The Kier molecular flexibility index (Phi) is 2.46. The molecular formula is C13H11N3O. The van der Waals surface area contributed by atoms with E-state index in [9.17, 15) is 0 Å². The van der Waals surface area contributed by atoms with E-state index in [4.69, 9.17) is 4.74 Å². The lowest BCUT2D eigenvalue weighted by Crippen LogP contribution is -1.96. The molecule has 1 aromatic carbocycles. The zero-order valence-corrected chi connectivity index (χ0v) is 9.15. The van der Waals surface area contributed by atoms with Crippen LogP contribution >= 0.6 is 0 Å². The fraction of sp³-hybridized carbons (Fsp3) is 0.0769. The normalized spacial score (nSPS) is 10.6. The van der Waals surface area contributed by atoms with Gasteiger partial charge in [0.1, 0.15) is 12.4 Å². The van der Waals surface area contributed by atoms with Crippen LogP contribution in [0.3, 0.4) is 0 Å². The second-order valence-corrected chi connectivity index (χ2v) is 3.74. The zero-order valence-electron chi connectivity index (χ0n) is 9.15. The summed E-state index contributed by atoms with van der Waals surface area (Å²) in [5.41, 5.74) is 2.10. The molecule has 0 unspecified atom stereocenters. The number of fused-ring (bicyclic) bond motifs is 1. The molecule has 84 valence electrons. The number of aromatic nitrogens is 3. The molecule has 0 aliphatic rings. The summed E-state index contributed by atoms with van der Waals surface area (Å²) in [4.78, 5) is 0. The van der Waals surface area contributed by atoms with Crippen molar-refractivity contribution in [3.63, 3.8) is 0 Å². The molecular weight excluding hydrogens is 214 g/mol. The molecule has 0 saturated carbocycles. The van der Waals surface area contributed by atoms with Crippen LogP contribution in [0.1, 0.15) is 5.56 Å². The molecule has 4 nitrogen and oxygen atoms in total. The standard InChI is InChI=1S/C13H11N3O/c1-2-4-11(5-3-1)10-17-13-7-6-12-8-14-15-16(12)9-13/h1-9H,10H2. The molecule has 0 radical (unpaired) electrons. The Balaban J connectivity index is 1.76. The van der Waals surface area contributed by atoms with E-state index in [2.05, 4.69) is 10.3 Å². The number of nitrogens with zero attached hydrogens (tertiary/aromatic N) is 3. The highest BCUT2D eigenvalue weighted by molar-refractivity contribution is 5.45. The Morgan fingerprint density at radius 3 is 2.82 bits per heavy atom. The summed E-state index contributed by atoms with van der Waals surface area (Å²) in [6.07, 6.45) is 3.53. The van der Waals surface area contributed by atoms with Crippen LogP contribution in [0.15, 0.2) is 54.9 Å². The molecule has 0 aliphatic heterocycles. The third-order valence-corrected chi connectivity index (χ3v) is 2.52. The molecule has 0 spiro atoms. The van der Waals surface area contributed by atoms with Gasteiger partial charge in [0.15, 0.2) is 0 Å². The Morgan fingerprint density at radius 1 is 1.06 bits per heavy atom. The van der Waals surface area contributed by atoms with Crippen molar-refractivity contribution in [1.29, 1.82) is 0 Å². The number of rotatable bonds is 3. The Bertz CT molecular complexity index is 619. The van der Waals surface area contributed by atoms with Gasteiger partial charge in [0, 0.05) is 0 Å². The average Bonchev–Trinajstić information content (AvgIpc) is 2.85. The molecule has 0 bridgehead atoms. The van der Waals surface area contributed by atoms with Crippen molar-refractivity contribution in [2.75, 3.05) is 0 Å². The molecule has 2 aromatic heterocycles. The van der Waals surface area contributed by atoms with E-state index in [-0.39, 0.29) is 0 Å². The van der Waals surface area contributed by atoms with Gasteiger partial charge in [-0.15, -0.1) is 5.10 Å². The number of hydrogen-bond acceptors (Lipinski definition) is 3. The first-order valence-corrected chi connectivity index (χ1v) is 5.39. The predicted molar refractivity (Wildman–Crippen MR) is 63.8 cm³/mol. The number of pyridine rings is 1. The van der Waals surface area contributed by atoms with Gasteiger partial charge >= 0.3 is 0 Å². The maximum absolute atomic E-state index is 5.68. The Morgan fingerprint density at radius 2 is 1.94 bits per heavy atom. The molecule has 0 saturated heterocycles. The SMILES string of the molecule is c1ccc(COc2ccc3cnnn3c2)cc1. The van der Waals surface area contributed by atoms with Crippen molar-refractivity contribution in [2.24, 2.45) is 0 Å². The molecule has 2 heterocycles. The van der Waals surface area contributed by atoms with Crippen LogP contribution in [0, 0.1) is 0 Å². The van der Waals surface area contributed by atoms with Crippen molar-refractivity contribution in [3.05, 3.63) is 60.4 Å². The van der Waals surface area contributed by atoms with Crippen LogP contribution in [-0.2, 0) is 6.61 Å². The van der Waals surface area contributed by atoms with Crippen LogP contribution in [-0.4, -0.2) is 14.8 Å². The number of benzene rings is 1. The summed E-state index contributed by atoms with van der Waals surface area (Å²) in [5, 5.41) is 7.74. The first-order valence-electron chi connectivity index (χ1n) is 5.39. The van der Waals surface area contributed by atoms with Gasteiger partial charge in [-0.05, 0) is 17.7 Å². The van der Waals surface area contributed by atoms with E-state index in [0.717, 1.165) is 16.8 Å². The lowest BCUT2D eigenvalue weighted by Gasteiger charge is -2.05. The minimum atomic E-state index is 0.557. The molecule has 0 N–H and O–H groups in total. The van der Waals surface area contributed by atoms with Crippen molar-refractivity contribution in [2.45, 2.75) is 6.61 Å². The van der Waals surface area contributed by atoms with Crippen molar-refractivity contribution in [1.82, 2.24) is 14.8 Å². The molecule has 0 aliphatic carbocycles. The van der Waals surface area contributed by atoms with Crippen LogP contribution in [0.2, 0.25) is 0 Å². The largest absolute Gasteiger partial charge is 0.487 e. The van der Waals surface area contributed by atoms with Gasteiger partial charge in [0.05, 0.1) is 17.9 Å². The van der Waals surface area contributed by atoms with E-state index in [1.165, 1.54) is 0 Å². The summed E-state index contributed by atoms with van der Waals surface area (Å²) in [7, 11) is 0. The predicted octanol–water partition coefficient (Wildman–Crippen LogP) is 2.31. The number of ether oxygens (including phenoxy) is 1. The second kappa shape index (κ2) is 4.25. The first-order chi connectivity index (χ1) is 8.42. The monoisotopic (exact) mass is 225 g/mol. The van der Waals surface area contributed by atoms with Crippen LogP contribution in [0.25, 0.3) is 5.52 Å². The zero-order chi connectivity index (χ0) is 11.5. The van der Waals surface area contributed by atoms with E-state index < -0.39 is 0 Å². The maximum Gasteiger partial charge on any atom is 0.138 e. The molecule has 3 rings (SSSR count). The van der Waals surface area contributed by atoms with E-state index in [0.29, 0.717) is 6.61 Å². The average molecular weight is 225 g/mol. The third-order valence-electron chi connectivity index (χ3n) is 2.52. The lowest BCUT2D eigenvalue weighted by atomic mass is 10.2. The summed E-state index contributed by atoms with van der Waals surface area (Å²) in [6, 6.07) is 13.9. The van der Waals surface area contributed by atoms with Gasteiger partial charge in [-0.3, -0.25) is 0 Å². The van der Waals surface area contributed by atoms with Crippen molar-refractivity contribution < 1.29 is 4.74 Å². The van der Waals surface area contributed by atoms with Crippen molar-refractivity contribution >= 4 is 5.52 Å². The van der Waals surface area contributed by atoms with Gasteiger partial charge in [0.25, 0.3) is 0 Å². The lowest BCUT2D eigenvalue weighted by molar-refractivity contribution is 0.304. The molecule has 0 fully saturated rings. The molecule has 17 heavy (non-hydrogen) atoms. The summed E-state index contributed by atoms with van der Waals surface area (Å²) in [5.74, 6) is 0.784. The minimum Gasteiger partial charge on any atom is -0.487 e. The van der Waals surface area contributed by atoms with E-state index in [1.807, 2.05) is 48.7 Å². The van der Waals surface area contributed by atoms with Crippen LogP contribution in [0.5, 0.6) is 5.75 Å². The maximum atomic E-state index is 5.68. The van der Waals surface area contributed by atoms with Crippen LogP contribution < -0.4 is 4.74 Å². The van der Waals surface area contributed by atoms with Gasteiger partial charge in [-0.25, -0.2) is 4.52 Å². The Labute approximate surface area is 98.5 Å². The fourth-order valence-electron chi connectivity index (χ4n) is 1.63. The Hall–Kier alpha value is -2.36. The van der Waals surface area contributed by atoms with Crippen molar-refractivity contribution in [3.8, 4) is 5.75 Å². The summed E-state index contributed by atoms with van der Waals surface area (Å²) < 4.78 is 7.38. The quantitative estimate of drug-likeness (QED) is 0.686. The molecule has 4 heteroatoms. The summed E-state index contributed by atoms with van der Waals surface area (Å²) in [6.45, 7) is 0.557. The molecule has 0 amide bonds. The fourth-order valence-corrected chi connectivity index (χ4v) is 1.63. The highest BCUT2D eigenvalue weighted by Gasteiger charge is 1.98. The van der Waals surface area contributed by atoms with E-state index in [1.54, 1.807) is 10.7 Å². The summed E-state index contributed by atoms with van der Waals surface area (Å²) >= 11 is 0. The second-order valence-electron chi connectivity index (χ2n) is 3.74. The minimum absolute atomic E-state index is 0.557. The van der Waals surface area contributed by atoms with Gasteiger partial charge in [-0.1, -0.05) is 35.5 Å². The van der Waals surface area contributed by atoms with E-state index >= 15 is 0 Å². The molecule has 0 atom stereocenters. The van der Waals surface area contributed by atoms with Gasteiger partial charge in [0.2, 0.25) is 0 Å². The highest BCUT2D eigenvalue weighted by Crippen LogP contribution is 2.13. The van der Waals surface area contributed by atoms with Gasteiger partial charge < -0.3 is 4.74 Å². The number of hydrogen-bond donors (Lipinski definition) is 0. The first kappa shape index (κ1) is 9.84. The molecule has 3 aromatic rings. The van der Waals surface area contributed by atoms with Crippen LogP contribution in [0.4, 0.5) is 0 Å². The highest BCUT2D eigenvalue weighted by atomic mass is 16.5.